The summed E-state index contributed by atoms with van der Waals surface area (Å²) in [7, 11) is 0. The lowest BCUT2D eigenvalue weighted by molar-refractivity contribution is -0.0554. The minimum atomic E-state index is -2.48. The van der Waals surface area contributed by atoms with E-state index in [1.54, 1.807) is 12.3 Å². The summed E-state index contributed by atoms with van der Waals surface area (Å²) in [5, 5.41) is 0. The molecule has 1 aliphatic rings. The number of nitrogen functional groups attached to an aromatic ring is 1. The molecular weight excluding hydrogens is 332 g/mol. The molecule has 0 unspecified atom stereocenters. The van der Waals surface area contributed by atoms with Crippen molar-refractivity contribution in [3.8, 4) is 5.88 Å². The van der Waals surface area contributed by atoms with E-state index in [0.29, 0.717) is 31.3 Å². The Labute approximate surface area is 125 Å². The lowest BCUT2D eigenvalue weighted by Crippen LogP contribution is -2.40. The molecule has 0 aromatic carbocycles. The third-order valence-electron chi connectivity index (χ3n) is 3.29. The first-order chi connectivity index (χ1) is 9.46. The number of anilines is 1. The maximum absolute atomic E-state index is 13.0. The summed E-state index contributed by atoms with van der Waals surface area (Å²) in [6, 6.07) is 1.73. The largest absolute Gasteiger partial charge is 0.476 e. The van der Waals surface area contributed by atoms with Crippen LogP contribution in [0.25, 0.3) is 0 Å². The van der Waals surface area contributed by atoms with Crippen LogP contribution in [0.3, 0.4) is 0 Å². The van der Waals surface area contributed by atoms with Crippen molar-refractivity contribution in [2.24, 2.45) is 0 Å². The standard InChI is InChI=1S/C13H18BrF2N3O/c14-10-8-11(17)12(18-9-10)20-7-1-4-19-5-2-13(15,16)3-6-19/h8-9H,1-7,17H2. The number of likely N-dealkylation sites (tertiary alicyclic amines) is 1. The van der Waals surface area contributed by atoms with Crippen molar-refractivity contribution in [3.05, 3.63) is 16.7 Å². The van der Waals surface area contributed by atoms with Gasteiger partial charge in [0.2, 0.25) is 5.88 Å². The van der Waals surface area contributed by atoms with Gasteiger partial charge in [0.25, 0.3) is 5.92 Å². The number of nitrogens with two attached hydrogens (primary N) is 1. The highest BCUT2D eigenvalue weighted by Crippen LogP contribution is 2.27. The molecule has 2 heterocycles. The second-order valence-electron chi connectivity index (χ2n) is 4.95. The maximum Gasteiger partial charge on any atom is 0.250 e. The van der Waals surface area contributed by atoms with Crippen LogP contribution in [0.4, 0.5) is 14.5 Å². The van der Waals surface area contributed by atoms with Crippen LogP contribution in [-0.4, -0.2) is 42.0 Å². The van der Waals surface area contributed by atoms with Gasteiger partial charge >= 0.3 is 0 Å². The Kier molecular flexibility index (Phi) is 5.15. The number of nitrogens with zero attached hydrogens (tertiary/aromatic N) is 2. The van der Waals surface area contributed by atoms with Gasteiger partial charge in [-0.3, -0.25) is 0 Å². The van der Waals surface area contributed by atoms with Crippen molar-refractivity contribution >= 4 is 21.6 Å². The van der Waals surface area contributed by atoms with Crippen LogP contribution in [0.2, 0.25) is 0 Å². The Bertz CT molecular complexity index is 449. The Morgan fingerprint density at radius 2 is 2.10 bits per heavy atom. The molecule has 1 aromatic rings. The van der Waals surface area contributed by atoms with Crippen molar-refractivity contribution in [1.29, 1.82) is 0 Å². The van der Waals surface area contributed by atoms with Gasteiger partial charge < -0.3 is 15.4 Å². The van der Waals surface area contributed by atoms with Crippen LogP contribution in [0, 0.1) is 0 Å². The Balaban J connectivity index is 1.67. The van der Waals surface area contributed by atoms with Gasteiger partial charge in [-0.25, -0.2) is 13.8 Å². The number of hydrogen-bond donors (Lipinski definition) is 1. The molecule has 0 amide bonds. The highest BCUT2D eigenvalue weighted by Gasteiger charge is 2.33. The lowest BCUT2D eigenvalue weighted by atomic mass is 10.1. The van der Waals surface area contributed by atoms with E-state index in [0.717, 1.165) is 17.4 Å². The number of rotatable bonds is 5. The van der Waals surface area contributed by atoms with E-state index >= 15 is 0 Å². The molecule has 112 valence electrons. The molecule has 2 rings (SSSR count). The van der Waals surface area contributed by atoms with Gasteiger partial charge in [-0.15, -0.1) is 0 Å². The SMILES string of the molecule is Nc1cc(Br)cnc1OCCCN1CCC(F)(F)CC1. The molecule has 0 atom stereocenters. The van der Waals surface area contributed by atoms with E-state index in [2.05, 4.69) is 20.9 Å². The third-order valence-corrected chi connectivity index (χ3v) is 3.72. The number of piperidine rings is 1. The van der Waals surface area contributed by atoms with E-state index < -0.39 is 5.92 Å². The lowest BCUT2D eigenvalue weighted by Gasteiger charge is -2.31. The number of hydrogen-bond acceptors (Lipinski definition) is 4. The molecule has 0 aliphatic carbocycles. The Morgan fingerprint density at radius 3 is 2.75 bits per heavy atom. The summed E-state index contributed by atoms with van der Waals surface area (Å²) in [6.45, 7) is 2.13. The summed E-state index contributed by atoms with van der Waals surface area (Å²) in [5.74, 6) is -2.07. The monoisotopic (exact) mass is 349 g/mol. The zero-order valence-electron chi connectivity index (χ0n) is 11.1. The minimum absolute atomic E-state index is 0.0466. The molecule has 1 saturated heterocycles. The molecule has 1 aromatic heterocycles. The predicted octanol–water partition coefficient (Wildman–Crippen LogP) is 2.93. The van der Waals surface area contributed by atoms with Crippen molar-refractivity contribution in [3.63, 3.8) is 0 Å². The summed E-state index contributed by atoms with van der Waals surface area (Å²) >= 11 is 3.27. The molecule has 20 heavy (non-hydrogen) atoms. The van der Waals surface area contributed by atoms with E-state index in [-0.39, 0.29) is 12.8 Å². The number of ether oxygens (including phenoxy) is 1. The first-order valence-corrected chi connectivity index (χ1v) is 7.40. The van der Waals surface area contributed by atoms with Crippen molar-refractivity contribution in [2.45, 2.75) is 25.2 Å². The second kappa shape index (κ2) is 6.67. The van der Waals surface area contributed by atoms with E-state index in [4.69, 9.17) is 10.5 Å². The number of aromatic nitrogens is 1. The van der Waals surface area contributed by atoms with Crippen molar-refractivity contribution in [1.82, 2.24) is 9.88 Å². The zero-order valence-corrected chi connectivity index (χ0v) is 12.7. The van der Waals surface area contributed by atoms with Gasteiger partial charge in [-0.05, 0) is 28.4 Å². The Hall–Kier alpha value is -0.950. The van der Waals surface area contributed by atoms with E-state index in [1.165, 1.54) is 0 Å². The van der Waals surface area contributed by atoms with Gasteiger partial charge in [0, 0.05) is 43.1 Å². The molecule has 1 fully saturated rings. The van der Waals surface area contributed by atoms with Crippen molar-refractivity contribution in [2.75, 3.05) is 32.0 Å². The van der Waals surface area contributed by atoms with Crippen LogP contribution in [0.1, 0.15) is 19.3 Å². The van der Waals surface area contributed by atoms with Gasteiger partial charge in [-0.1, -0.05) is 0 Å². The molecule has 7 heteroatoms. The molecule has 0 radical (unpaired) electrons. The molecule has 0 saturated carbocycles. The summed E-state index contributed by atoms with van der Waals surface area (Å²) < 4.78 is 32.3. The van der Waals surface area contributed by atoms with Crippen LogP contribution in [0.15, 0.2) is 16.7 Å². The zero-order chi connectivity index (χ0) is 14.6. The number of alkyl halides is 2. The maximum atomic E-state index is 13.0. The Morgan fingerprint density at radius 1 is 1.40 bits per heavy atom. The molecule has 2 N–H and O–H groups in total. The summed E-state index contributed by atoms with van der Waals surface area (Å²) in [5.41, 5.74) is 6.25. The van der Waals surface area contributed by atoms with Crippen LogP contribution in [0.5, 0.6) is 5.88 Å². The molecule has 1 aliphatic heterocycles. The third kappa shape index (κ3) is 4.56. The molecule has 0 bridgehead atoms. The normalized spacial score (nSPS) is 18.9. The number of halogens is 3. The summed E-state index contributed by atoms with van der Waals surface area (Å²) in [6.07, 6.45) is 2.30. The highest BCUT2D eigenvalue weighted by molar-refractivity contribution is 9.10. The van der Waals surface area contributed by atoms with Crippen LogP contribution in [-0.2, 0) is 0 Å². The van der Waals surface area contributed by atoms with Gasteiger partial charge in [0.05, 0.1) is 12.3 Å². The van der Waals surface area contributed by atoms with Gasteiger partial charge in [-0.2, -0.15) is 0 Å². The van der Waals surface area contributed by atoms with Crippen LogP contribution < -0.4 is 10.5 Å². The molecule has 0 spiro atoms. The van der Waals surface area contributed by atoms with Crippen molar-refractivity contribution < 1.29 is 13.5 Å². The fraction of sp³-hybridized carbons (Fsp3) is 0.615. The highest BCUT2D eigenvalue weighted by atomic mass is 79.9. The van der Waals surface area contributed by atoms with E-state index in [9.17, 15) is 8.78 Å². The molecular formula is C13H18BrF2N3O. The first kappa shape index (κ1) is 15.4. The smallest absolute Gasteiger partial charge is 0.250 e. The molecule has 4 nitrogen and oxygen atoms in total. The minimum Gasteiger partial charge on any atom is -0.476 e. The predicted molar refractivity (Wildman–Crippen MR) is 77.1 cm³/mol. The average Bonchev–Trinajstić information content (AvgIpc) is 2.38. The van der Waals surface area contributed by atoms with Gasteiger partial charge in [0.1, 0.15) is 0 Å². The van der Waals surface area contributed by atoms with Gasteiger partial charge in [0.15, 0.2) is 0 Å². The fourth-order valence-corrected chi connectivity index (χ4v) is 2.47. The van der Waals surface area contributed by atoms with E-state index in [1.807, 2.05) is 4.90 Å². The quantitative estimate of drug-likeness (QED) is 0.830. The number of pyridine rings is 1. The average molecular weight is 350 g/mol. The second-order valence-corrected chi connectivity index (χ2v) is 5.86. The van der Waals surface area contributed by atoms with Crippen LogP contribution >= 0.6 is 15.9 Å². The summed E-state index contributed by atoms with van der Waals surface area (Å²) in [4.78, 5) is 6.12. The topological polar surface area (TPSA) is 51.4 Å². The fourth-order valence-electron chi connectivity index (χ4n) is 2.12. The first-order valence-electron chi connectivity index (χ1n) is 6.60.